The van der Waals surface area contributed by atoms with Crippen molar-refractivity contribution < 1.29 is 4.74 Å². The minimum Gasteiger partial charge on any atom is -0.481 e. The van der Waals surface area contributed by atoms with Gasteiger partial charge in [-0.05, 0) is 24.2 Å². The lowest BCUT2D eigenvalue weighted by Gasteiger charge is -2.14. The molecule has 5 nitrogen and oxygen atoms in total. The molecule has 1 aliphatic heterocycles. The van der Waals surface area contributed by atoms with E-state index in [4.69, 9.17) is 4.74 Å². The standard InChI is InChI=1S/C14H22N4OS/c1-15-14(18-10-12-4-3-7-20-12)17-9-11-5-6-13(19-2)16-8-11/h5-6,8,12H,3-4,7,9-10H2,1-2H3,(H2,15,17,18). The van der Waals surface area contributed by atoms with Gasteiger partial charge in [0.2, 0.25) is 5.88 Å². The van der Waals surface area contributed by atoms with Crippen LogP contribution in [0.15, 0.2) is 23.3 Å². The van der Waals surface area contributed by atoms with E-state index >= 15 is 0 Å². The Hall–Kier alpha value is -1.43. The Labute approximate surface area is 124 Å². The van der Waals surface area contributed by atoms with Crippen molar-refractivity contribution in [2.45, 2.75) is 24.6 Å². The zero-order valence-electron chi connectivity index (χ0n) is 12.1. The Balaban J connectivity index is 1.74. The minimum atomic E-state index is 0.634. The van der Waals surface area contributed by atoms with Crippen LogP contribution in [0.5, 0.6) is 5.88 Å². The van der Waals surface area contributed by atoms with Crippen LogP contribution in [0, 0.1) is 0 Å². The van der Waals surface area contributed by atoms with Crippen LogP contribution >= 0.6 is 11.8 Å². The zero-order valence-corrected chi connectivity index (χ0v) is 12.9. The van der Waals surface area contributed by atoms with Crippen LogP contribution < -0.4 is 15.4 Å². The molecule has 0 spiro atoms. The lowest BCUT2D eigenvalue weighted by molar-refractivity contribution is 0.397. The molecule has 0 bridgehead atoms. The van der Waals surface area contributed by atoms with Crippen LogP contribution in [0.25, 0.3) is 0 Å². The van der Waals surface area contributed by atoms with Gasteiger partial charge in [0.25, 0.3) is 0 Å². The van der Waals surface area contributed by atoms with Gasteiger partial charge in [0.1, 0.15) is 0 Å². The second kappa shape index (κ2) is 7.99. The number of thioether (sulfide) groups is 1. The maximum atomic E-state index is 5.04. The maximum Gasteiger partial charge on any atom is 0.212 e. The Morgan fingerprint density at radius 3 is 3.00 bits per heavy atom. The summed E-state index contributed by atoms with van der Waals surface area (Å²) in [7, 11) is 3.41. The predicted octanol–water partition coefficient (Wildman–Crippen LogP) is 1.65. The number of hydrogen-bond donors (Lipinski definition) is 2. The summed E-state index contributed by atoms with van der Waals surface area (Å²) in [4.78, 5) is 8.42. The molecule has 0 radical (unpaired) electrons. The van der Waals surface area contributed by atoms with E-state index in [2.05, 4.69) is 20.6 Å². The minimum absolute atomic E-state index is 0.634. The number of ether oxygens (including phenoxy) is 1. The van der Waals surface area contributed by atoms with E-state index in [0.717, 1.165) is 23.3 Å². The molecule has 1 aliphatic rings. The number of aliphatic imine (C=N–C) groups is 1. The molecule has 0 aromatic carbocycles. The fourth-order valence-corrected chi connectivity index (χ4v) is 3.26. The fraction of sp³-hybridized carbons (Fsp3) is 0.571. The highest BCUT2D eigenvalue weighted by Crippen LogP contribution is 2.25. The first kappa shape index (κ1) is 15.0. The van der Waals surface area contributed by atoms with Gasteiger partial charge in [-0.2, -0.15) is 11.8 Å². The van der Waals surface area contributed by atoms with Gasteiger partial charge in [0.15, 0.2) is 5.96 Å². The first-order chi connectivity index (χ1) is 9.81. The molecule has 1 unspecified atom stereocenters. The lowest BCUT2D eigenvalue weighted by atomic mass is 10.2. The predicted molar refractivity (Wildman–Crippen MR) is 84.5 cm³/mol. The molecule has 20 heavy (non-hydrogen) atoms. The smallest absolute Gasteiger partial charge is 0.212 e. The van der Waals surface area contributed by atoms with Gasteiger partial charge in [-0.25, -0.2) is 4.98 Å². The van der Waals surface area contributed by atoms with E-state index in [1.807, 2.05) is 30.1 Å². The number of guanidine groups is 1. The fourth-order valence-electron chi connectivity index (χ4n) is 2.06. The van der Waals surface area contributed by atoms with E-state index in [9.17, 15) is 0 Å². The summed E-state index contributed by atoms with van der Waals surface area (Å²) in [6.07, 6.45) is 4.45. The van der Waals surface area contributed by atoms with Crippen LogP contribution in [0.4, 0.5) is 0 Å². The molecule has 1 aromatic heterocycles. The molecule has 2 N–H and O–H groups in total. The SMILES string of the molecule is CN=C(NCc1ccc(OC)nc1)NCC1CCCS1. The van der Waals surface area contributed by atoms with Crippen LogP contribution in [0.3, 0.4) is 0 Å². The van der Waals surface area contributed by atoms with Gasteiger partial charge < -0.3 is 15.4 Å². The van der Waals surface area contributed by atoms with Gasteiger partial charge in [-0.15, -0.1) is 0 Å². The summed E-state index contributed by atoms with van der Waals surface area (Å²) in [6, 6.07) is 3.86. The summed E-state index contributed by atoms with van der Waals surface area (Å²) >= 11 is 2.04. The molecule has 0 aliphatic carbocycles. The largest absolute Gasteiger partial charge is 0.481 e. The molecule has 1 saturated heterocycles. The molecule has 0 amide bonds. The van der Waals surface area contributed by atoms with Crippen LogP contribution in [0.2, 0.25) is 0 Å². The molecule has 2 heterocycles. The number of nitrogens with zero attached hydrogens (tertiary/aromatic N) is 2. The third-order valence-electron chi connectivity index (χ3n) is 3.21. The molecule has 1 atom stereocenters. The summed E-state index contributed by atoms with van der Waals surface area (Å²) in [5, 5.41) is 7.39. The Bertz CT molecular complexity index is 429. The first-order valence-corrected chi connectivity index (χ1v) is 7.91. The van der Waals surface area contributed by atoms with Crippen LogP contribution in [0.1, 0.15) is 18.4 Å². The van der Waals surface area contributed by atoms with Crippen LogP contribution in [-0.2, 0) is 6.54 Å². The average Bonchev–Trinajstić information content (AvgIpc) is 3.01. The Kier molecular flexibility index (Phi) is 5.98. The van der Waals surface area contributed by atoms with Gasteiger partial charge in [-0.1, -0.05) is 6.07 Å². The summed E-state index contributed by atoms with van der Waals surface area (Å²) < 4.78 is 5.04. The topological polar surface area (TPSA) is 58.5 Å². The molecular weight excluding hydrogens is 272 g/mol. The van der Waals surface area contributed by atoms with E-state index in [1.54, 1.807) is 14.2 Å². The van der Waals surface area contributed by atoms with Crippen molar-refractivity contribution in [1.29, 1.82) is 0 Å². The average molecular weight is 294 g/mol. The number of nitrogens with one attached hydrogen (secondary N) is 2. The number of hydrogen-bond acceptors (Lipinski definition) is 4. The molecule has 0 saturated carbocycles. The highest BCUT2D eigenvalue weighted by molar-refractivity contribution is 8.00. The second-order valence-electron chi connectivity index (χ2n) is 4.65. The summed E-state index contributed by atoms with van der Waals surface area (Å²) in [5.74, 6) is 2.76. The van der Waals surface area contributed by atoms with E-state index < -0.39 is 0 Å². The van der Waals surface area contributed by atoms with Gasteiger partial charge in [0.05, 0.1) is 7.11 Å². The Morgan fingerprint density at radius 1 is 1.50 bits per heavy atom. The molecule has 2 rings (SSSR count). The number of methoxy groups -OCH3 is 1. The van der Waals surface area contributed by atoms with Gasteiger partial charge in [-0.3, -0.25) is 4.99 Å². The number of rotatable bonds is 5. The molecule has 1 aromatic rings. The molecule has 6 heteroatoms. The van der Waals surface area contributed by atoms with Crippen molar-refractivity contribution >= 4 is 17.7 Å². The quantitative estimate of drug-likeness (QED) is 0.639. The summed E-state index contributed by atoms with van der Waals surface area (Å²) in [6.45, 7) is 1.68. The normalized spacial score (nSPS) is 18.9. The Morgan fingerprint density at radius 2 is 2.40 bits per heavy atom. The van der Waals surface area contributed by atoms with Crippen molar-refractivity contribution in [3.63, 3.8) is 0 Å². The van der Waals surface area contributed by atoms with Crippen molar-refractivity contribution in [3.8, 4) is 5.88 Å². The maximum absolute atomic E-state index is 5.04. The number of aromatic nitrogens is 1. The zero-order chi connectivity index (χ0) is 14.2. The van der Waals surface area contributed by atoms with E-state index in [-0.39, 0.29) is 0 Å². The molecule has 110 valence electrons. The van der Waals surface area contributed by atoms with E-state index in [0.29, 0.717) is 12.4 Å². The van der Waals surface area contributed by atoms with Crippen molar-refractivity contribution in [2.75, 3.05) is 26.5 Å². The van der Waals surface area contributed by atoms with Crippen molar-refractivity contribution in [1.82, 2.24) is 15.6 Å². The third-order valence-corrected chi connectivity index (χ3v) is 4.61. The van der Waals surface area contributed by atoms with Gasteiger partial charge in [0, 0.05) is 37.7 Å². The second-order valence-corrected chi connectivity index (χ2v) is 6.06. The van der Waals surface area contributed by atoms with E-state index in [1.165, 1.54) is 18.6 Å². The van der Waals surface area contributed by atoms with Gasteiger partial charge >= 0.3 is 0 Å². The lowest BCUT2D eigenvalue weighted by Crippen LogP contribution is -2.39. The molecular formula is C14H22N4OS. The van der Waals surface area contributed by atoms with Crippen LogP contribution in [-0.4, -0.2) is 42.6 Å². The monoisotopic (exact) mass is 294 g/mol. The summed E-state index contributed by atoms with van der Waals surface area (Å²) in [5.41, 5.74) is 1.10. The highest BCUT2D eigenvalue weighted by Gasteiger charge is 2.15. The highest BCUT2D eigenvalue weighted by atomic mass is 32.2. The molecule has 1 fully saturated rings. The third kappa shape index (κ3) is 4.59. The van der Waals surface area contributed by atoms with Crippen molar-refractivity contribution in [3.05, 3.63) is 23.9 Å². The van der Waals surface area contributed by atoms with Crippen molar-refractivity contribution in [2.24, 2.45) is 4.99 Å². The first-order valence-electron chi connectivity index (χ1n) is 6.87. The number of pyridine rings is 1.